The van der Waals surface area contributed by atoms with Gasteiger partial charge in [0.15, 0.2) is 6.61 Å². The second-order valence-corrected chi connectivity index (χ2v) is 5.96. The standard InChI is InChI=1S/C21H20N2O5/c1-2-27-18-10-6-3-7-15(18)11-12-21(26)28-14-20(25)23-13-19(24)22-16-8-4-5-9-17(16)23/h3-12H,2,13-14H2,1H3,(H,22,24)/b12-11+. The second-order valence-electron chi connectivity index (χ2n) is 5.96. The van der Waals surface area contributed by atoms with Crippen LogP contribution in [0.1, 0.15) is 12.5 Å². The lowest BCUT2D eigenvalue weighted by Gasteiger charge is -2.28. The van der Waals surface area contributed by atoms with E-state index in [1.165, 1.54) is 11.0 Å². The summed E-state index contributed by atoms with van der Waals surface area (Å²) in [5.41, 5.74) is 1.85. The molecule has 144 valence electrons. The molecule has 0 aliphatic carbocycles. The number of carbonyl (C=O) groups is 3. The first-order valence-electron chi connectivity index (χ1n) is 8.84. The minimum atomic E-state index is -0.658. The van der Waals surface area contributed by atoms with Crippen LogP contribution in [-0.4, -0.2) is 37.5 Å². The van der Waals surface area contributed by atoms with Gasteiger partial charge in [-0.1, -0.05) is 30.3 Å². The molecule has 2 aromatic carbocycles. The monoisotopic (exact) mass is 380 g/mol. The summed E-state index contributed by atoms with van der Waals surface area (Å²) in [5.74, 6) is -0.778. The highest BCUT2D eigenvalue weighted by atomic mass is 16.5. The van der Waals surface area contributed by atoms with Crippen molar-refractivity contribution in [1.82, 2.24) is 0 Å². The number of amides is 2. The average Bonchev–Trinajstić information content (AvgIpc) is 2.71. The Labute approximate surface area is 162 Å². The summed E-state index contributed by atoms with van der Waals surface area (Å²) in [4.78, 5) is 37.5. The van der Waals surface area contributed by atoms with E-state index in [0.717, 1.165) is 5.56 Å². The smallest absolute Gasteiger partial charge is 0.331 e. The van der Waals surface area contributed by atoms with Crippen LogP contribution in [0.3, 0.4) is 0 Å². The number of fused-ring (bicyclic) bond motifs is 1. The van der Waals surface area contributed by atoms with Crippen LogP contribution in [0.15, 0.2) is 54.6 Å². The molecular weight excluding hydrogens is 360 g/mol. The quantitative estimate of drug-likeness (QED) is 0.615. The Morgan fingerprint density at radius 3 is 2.71 bits per heavy atom. The van der Waals surface area contributed by atoms with Gasteiger partial charge in [0.2, 0.25) is 5.91 Å². The molecule has 7 nitrogen and oxygen atoms in total. The third-order valence-corrected chi connectivity index (χ3v) is 4.03. The van der Waals surface area contributed by atoms with Crippen LogP contribution in [0.5, 0.6) is 5.75 Å². The Bertz CT molecular complexity index is 923. The fourth-order valence-corrected chi connectivity index (χ4v) is 2.78. The third kappa shape index (κ3) is 4.56. The lowest BCUT2D eigenvalue weighted by molar-refractivity contribution is -0.143. The van der Waals surface area contributed by atoms with Crippen molar-refractivity contribution in [2.45, 2.75) is 6.92 Å². The molecule has 3 rings (SSSR count). The first kappa shape index (κ1) is 19.2. The molecule has 0 aromatic heterocycles. The summed E-state index contributed by atoms with van der Waals surface area (Å²) < 4.78 is 10.5. The van der Waals surface area contributed by atoms with E-state index in [0.29, 0.717) is 23.7 Å². The van der Waals surface area contributed by atoms with E-state index in [1.54, 1.807) is 36.4 Å². The maximum absolute atomic E-state index is 12.4. The van der Waals surface area contributed by atoms with Gasteiger partial charge in [-0.05, 0) is 31.2 Å². The van der Waals surface area contributed by atoms with Crippen molar-refractivity contribution in [3.8, 4) is 5.75 Å². The van der Waals surface area contributed by atoms with Gasteiger partial charge in [0.1, 0.15) is 12.3 Å². The van der Waals surface area contributed by atoms with Crippen LogP contribution in [0.2, 0.25) is 0 Å². The molecule has 2 aromatic rings. The maximum Gasteiger partial charge on any atom is 0.331 e. The van der Waals surface area contributed by atoms with Gasteiger partial charge in [-0.15, -0.1) is 0 Å². The minimum Gasteiger partial charge on any atom is -0.493 e. The zero-order valence-electron chi connectivity index (χ0n) is 15.4. The fraction of sp³-hybridized carbons (Fsp3) is 0.190. The van der Waals surface area contributed by atoms with Crippen LogP contribution in [0, 0.1) is 0 Å². The summed E-state index contributed by atoms with van der Waals surface area (Å²) in [6.45, 7) is 1.80. The SMILES string of the molecule is CCOc1ccccc1/C=C/C(=O)OCC(=O)N1CC(=O)Nc2ccccc21. The van der Waals surface area contributed by atoms with Crippen LogP contribution in [0.25, 0.3) is 6.08 Å². The van der Waals surface area contributed by atoms with Gasteiger partial charge in [-0.3, -0.25) is 14.5 Å². The van der Waals surface area contributed by atoms with Crippen molar-refractivity contribution in [2.75, 3.05) is 30.0 Å². The topological polar surface area (TPSA) is 84.9 Å². The number of hydrogen-bond acceptors (Lipinski definition) is 5. The summed E-state index contributed by atoms with van der Waals surface area (Å²) in [6.07, 6.45) is 2.81. The van der Waals surface area contributed by atoms with Crippen LogP contribution >= 0.6 is 0 Å². The predicted molar refractivity (Wildman–Crippen MR) is 105 cm³/mol. The molecule has 0 saturated heterocycles. The Hall–Kier alpha value is -3.61. The van der Waals surface area contributed by atoms with Crippen molar-refractivity contribution < 1.29 is 23.9 Å². The summed E-state index contributed by atoms with van der Waals surface area (Å²) in [6, 6.07) is 14.2. The van der Waals surface area contributed by atoms with E-state index >= 15 is 0 Å². The molecule has 0 fully saturated rings. The Morgan fingerprint density at radius 1 is 1.14 bits per heavy atom. The van der Waals surface area contributed by atoms with Gasteiger partial charge >= 0.3 is 5.97 Å². The molecule has 0 saturated carbocycles. The number of benzene rings is 2. The van der Waals surface area contributed by atoms with Crippen molar-refractivity contribution >= 4 is 35.2 Å². The molecule has 2 amide bonds. The number of ether oxygens (including phenoxy) is 2. The Kier molecular flexibility index (Phi) is 6.06. The van der Waals surface area contributed by atoms with Gasteiger partial charge in [-0.25, -0.2) is 4.79 Å². The highest BCUT2D eigenvalue weighted by Crippen LogP contribution is 2.28. The van der Waals surface area contributed by atoms with E-state index in [-0.39, 0.29) is 12.5 Å². The molecule has 1 aliphatic rings. The second kappa shape index (κ2) is 8.85. The molecule has 0 spiro atoms. The van der Waals surface area contributed by atoms with E-state index in [2.05, 4.69) is 5.32 Å². The van der Waals surface area contributed by atoms with Gasteiger partial charge in [0, 0.05) is 11.6 Å². The number of para-hydroxylation sites is 3. The summed E-state index contributed by atoms with van der Waals surface area (Å²) >= 11 is 0. The average molecular weight is 380 g/mol. The molecule has 0 radical (unpaired) electrons. The molecule has 7 heteroatoms. The van der Waals surface area contributed by atoms with E-state index in [4.69, 9.17) is 9.47 Å². The number of esters is 1. The summed E-state index contributed by atoms with van der Waals surface area (Å²) in [5, 5.41) is 2.70. The van der Waals surface area contributed by atoms with Gasteiger partial charge in [-0.2, -0.15) is 0 Å². The van der Waals surface area contributed by atoms with E-state index < -0.39 is 18.5 Å². The number of rotatable bonds is 6. The van der Waals surface area contributed by atoms with E-state index in [9.17, 15) is 14.4 Å². The zero-order valence-corrected chi connectivity index (χ0v) is 15.4. The predicted octanol–water partition coefficient (Wildman–Crippen LogP) is 2.63. The maximum atomic E-state index is 12.4. The Balaban J connectivity index is 1.61. The molecule has 1 heterocycles. The lowest BCUT2D eigenvalue weighted by atomic mass is 10.2. The highest BCUT2D eigenvalue weighted by Gasteiger charge is 2.26. The minimum absolute atomic E-state index is 0.120. The fourth-order valence-electron chi connectivity index (χ4n) is 2.78. The lowest BCUT2D eigenvalue weighted by Crippen LogP contribution is -2.43. The number of anilines is 2. The number of nitrogens with zero attached hydrogens (tertiary/aromatic N) is 1. The molecule has 1 N–H and O–H groups in total. The number of hydrogen-bond donors (Lipinski definition) is 1. The van der Waals surface area contributed by atoms with Crippen molar-refractivity contribution in [3.63, 3.8) is 0 Å². The third-order valence-electron chi connectivity index (χ3n) is 4.03. The highest BCUT2D eigenvalue weighted by molar-refractivity contribution is 6.10. The van der Waals surface area contributed by atoms with Gasteiger partial charge in [0.05, 0.1) is 18.0 Å². The number of carbonyl (C=O) groups excluding carboxylic acids is 3. The molecule has 1 aliphatic heterocycles. The molecule has 0 unspecified atom stereocenters. The van der Waals surface area contributed by atoms with E-state index in [1.807, 2.05) is 25.1 Å². The zero-order chi connectivity index (χ0) is 19.9. The van der Waals surface area contributed by atoms with Gasteiger partial charge < -0.3 is 14.8 Å². The van der Waals surface area contributed by atoms with Crippen LogP contribution in [-0.2, 0) is 19.1 Å². The number of nitrogens with one attached hydrogen (secondary N) is 1. The van der Waals surface area contributed by atoms with Crippen molar-refractivity contribution in [1.29, 1.82) is 0 Å². The van der Waals surface area contributed by atoms with Crippen molar-refractivity contribution in [2.24, 2.45) is 0 Å². The largest absolute Gasteiger partial charge is 0.493 e. The first-order valence-corrected chi connectivity index (χ1v) is 8.84. The molecule has 0 bridgehead atoms. The van der Waals surface area contributed by atoms with Gasteiger partial charge in [0.25, 0.3) is 5.91 Å². The normalized spacial score (nSPS) is 13.0. The van der Waals surface area contributed by atoms with Crippen molar-refractivity contribution in [3.05, 3.63) is 60.2 Å². The van der Waals surface area contributed by atoms with Crippen LogP contribution in [0.4, 0.5) is 11.4 Å². The molecule has 28 heavy (non-hydrogen) atoms. The Morgan fingerprint density at radius 2 is 1.89 bits per heavy atom. The molecule has 0 atom stereocenters. The van der Waals surface area contributed by atoms with Crippen LogP contribution < -0.4 is 15.0 Å². The summed E-state index contributed by atoms with van der Waals surface area (Å²) in [7, 11) is 0. The molecular formula is C21H20N2O5. The first-order chi connectivity index (χ1) is 13.6.